The summed E-state index contributed by atoms with van der Waals surface area (Å²) in [6.07, 6.45) is 18.6. The molecule has 0 saturated carbocycles. The summed E-state index contributed by atoms with van der Waals surface area (Å²) < 4.78 is 9.15. The third-order valence-electron chi connectivity index (χ3n) is 11.4. The first-order valence-corrected chi connectivity index (χ1v) is 19.4. The lowest BCUT2D eigenvalue weighted by atomic mass is 9.69. The fourth-order valence-corrected chi connectivity index (χ4v) is 10.1. The SMILES string of the molecule is C1=CC2C(c3ccc(-c4cccc5oc6cccc(Nc7ccc(-c8cccc9c8sc8ccccc89)cc7)c6c45)cc3)=CC3=C(C=CCC3)C2C=C1. The third-order valence-corrected chi connectivity index (χ3v) is 12.6. The summed E-state index contributed by atoms with van der Waals surface area (Å²) in [5, 5.41) is 8.63. The Morgan fingerprint density at radius 1 is 0.604 bits per heavy atom. The smallest absolute Gasteiger partial charge is 0.137 e. The molecule has 2 unspecified atom stereocenters. The summed E-state index contributed by atoms with van der Waals surface area (Å²) in [5.74, 6) is 0.774. The number of rotatable bonds is 5. The molecule has 2 atom stereocenters. The minimum atomic E-state index is 0.362. The highest BCUT2D eigenvalue weighted by Crippen LogP contribution is 2.47. The maximum absolute atomic E-state index is 6.49. The summed E-state index contributed by atoms with van der Waals surface area (Å²) in [6.45, 7) is 0. The molecule has 0 amide bonds. The van der Waals surface area contributed by atoms with E-state index >= 15 is 0 Å². The number of thiophene rings is 1. The molecule has 1 N–H and O–H groups in total. The van der Waals surface area contributed by atoms with Crippen LogP contribution in [0.4, 0.5) is 11.4 Å². The fourth-order valence-electron chi connectivity index (χ4n) is 8.86. The van der Waals surface area contributed by atoms with Gasteiger partial charge in [0.1, 0.15) is 11.2 Å². The second kappa shape index (κ2) is 12.2. The van der Waals surface area contributed by atoms with Crippen molar-refractivity contribution in [1.29, 1.82) is 0 Å². The minimum absolute atomic E-state index is 0.362. The highest BCUT2D eigenvalue weighted by molar-refractivity contribution is 7.26. The van der Waals surface area contributed by atoms with Crippen LogP contribution in [0.3, 0.4) is 0 Å². The quantitative estimate of drug-likeness (QED) is 0.194. The number of furan rings is 1. The average Bonchev–Trinajstić information content (AvgIpc) is 3.80. The standard InChI is InChI=1S/C50H35NOS/c1-2-11-36-34(10-1)30-43(40-13-4-3-12-39(36)40)33-24-22-31(23-25-33)37-15-8-19-45-48(37)49-44(18-9-20-46(49)52-45)51-35-28-26-32(27-29-35)38-16-7-17-42-41-14-5-6-21-47(41)53-50(38)42/h2-9,11-30,39-40,51H,1,10H2. The predicted molar refractivity (Wildman–Crippen MR) is 226 cm³/mol. The number of hydrogen-bond acceptors (Lipinski definition) is 3. The van der Waals surface area contributed by atoms with Crippen LogP contribution in [-0.4, -0.2) is 0 Å². The lowest BCUT2D eigenvalue weighted by Gasteiger charge is -2.35. The molecule has 8 aromatic rings. The normalized spacial score (nSPS) is 17.8. The van der Waals surface area contributed by atoms with Crippen LogP contribution in [0.2, 0.25) is 0 Å². The van der Waals surface area contributed by atoms with Crippen LogP contribution < -0.4 is 5.32 Å². The van der Waals surface area contributed by atoms with Crippen molar-refractivity contribution >= 4 is 70.4 Å². The molecule has 0 fully saturated rings. The van der Waals surface area contributed by atoms with Crippen LogP contribution in [0.15, 0.2) is 185 Å². The molecule has 3 heteroatoms. The van der Waals surface area contributed by atoms with Gasteiger partial charge in [0.15, 0.2) is 0 Å². The van der Waals surface area contributed by atoms with E-state index in [1.807, 2.05) is 11.3 Å². The summed E-state index contributed by atoms with van der Waals surface area (Å²) in [5.41, 5.74) is 14.4. The molecule has 0 spiro atoms. The third kappa shape index (κ3) is 4.99. The lowest BCUT2D eigenvalue weighted by Crippen LogP contribution is -2.21. The number of allylic oxidation sites excluding steroid dienone is 10. The highest BCUT2D eigenvalue weighted by atomic mass is 32.1. The lowest BCUT2D eigenvalue weighted by molar-refractivity contribution is 0.636. The van der Waals surface area contributed by atoms with Crippen LogP contribution >= 0.6 is 11.3 Å². The summed E-state index contributed by atoms with van der Waals surface area (Å²) >= 11 is 1.87. The molecule has 252 valence electrons. The first kappa shape index (κ1) is 30.5. The molecule has 2 heterocycles. The second-order valence-electron chi connectivity index (χ2n) is 14.4. The van der Waals surface area contributed by atoms with Gasteiger partial charge < -0.3 is 9.73 Å². The predicted octanol–water partition coefficient (Wildman–Crippen LogP) is 14.4. The van der Waals surface area contributed by atoms with Gasteiger partial charge in [0.05, 0.1) is 11.1 Å². The minimum Gasteiger partial charge on any atom is -0.456 e. The first-order valence-electron chi connectivity index (χ1n) is 18.6. The van der Waals surface area contributed by atoms with Crippen molar-refractivity contribution in [2.75, 3.05) is 5.32 Å². The molecule has 0 bridgehead atoms. The number of fused-ring (bicyclic) bond motifs is 8. The Kier molecular flexibility index (Phi) is 7.03. The van der Waals surface area contributed by atoms with Gasteiger partial charge in [0, 0.05) is 43.1 Å². The molecule has 53 heavy (non-hydrogen) atoms. The number of anilines is 2. The Bertz CT molecular complexity index is 2910. The molecule has 3 aliphatic rings. The van der Waals surface area contributed by atoms with E-state index < -0.39 is 0 Å². The highest BCUT2D eigenvalue weighted by Gasteiger charge is 2.31. The fraction of sp³-hybridized carbons (Fsp3) is 0.0800. The van der Waals surface area contributed by atoms with Gasteiger partial charge in [-0.15, -0.1) is 11.3 Å². The molecule has 3 aliphatic carbocycles. The van der Waals surface area contributed by atoms with Crippen molar-refractivity contribution in [2.24, 2.45) is 11.8 Å². The molecular formula is C50H35NOS. The Labute approximate surface area is 312 Å². The maximum atomic E-state index is 6.49. The van der Waals surface area contributed by atoms with Crippen molar-refractivity contribution in [1.82, 2.24) is 0 Å². The monoisotopic (exact) mass is 697 g/mol. The molecule has 2 nitrogen and oxygen atoms in total. The van der Waals surface area contributed by atoms with Crippen molar-refractivity contribution in [3.05, 3.63) is 187 Å². The van der Waals surface area contributed by atoms with Crippen LogP contribution in [0.1, 0.15) is 18.4 Å². The van der Waals surface area contributed by atoms with E-state index in [1.54, 1.807) is 0 Å². The van der Waals surface area contributed by atoms with Crippen molar-refractivity contribution < 1.29 is 4.42 Å². The summed E-state index contributed by atoms with van der Waals surface area (Å²) in [4.78, 5) is 0. The number of hydrogen-bond donors (Lipinski definition) is 1. The van der Waals surface area contributed by atoms with Gasteiger partial charge in [0.25, 0.3) is 0 Å². The van der Waals surface area contributed by atoms with E-state index in [2.05, 4.69) is 175 Å². The van der Waals surface area contributed by atoms with Gasteiger partial charge in [-0.05, 0) is 93.8 Å². The van der Waals surface area contributed by atoms with Crippen LogP contribution in [-0.2, 0) is 0 Å². The maximum Gasteiger partial charge on any atom is 0.137 e. The van der Waals surface area contributed by atoms with Gasteiger partial charge in [-0.1, -0.05) is 134 Å². The summed E-state index contributed by atoms with van der Waals surface area (Å²) in [6, 6.07) is 46.1. The van der Waals surface area contributed by atoms with Crippen LogP contribution in [0.25, 0.3) is 69.9 Å². The van der Waals surface area contributed by atoms with Crippen molar-refractivity contribution in [3.8, 4) is 22.3 Å². The van der Waals surface area contributed by atoms with E-state index in [-0.39, 0.29) is 0 Å². The van der Waals surface area contributed by atoms with Crippen molar-refractivity contribution in [2.45, 2.75) is 12.8 Å². The molecule has 2 aromatic heterocycles. The van der Waals surface area contributed by atoms with E-state index in [0.29, 0.717) is 11.8 Å². The van der Waals surface area contributed by atoms with E-state index in [0.717, 1.165) is 46.2 Å². The van der Waals surface area contributed by atoms with Gasteiger partial charge >= 0.3 is 0 Å². The zero-order valence-electron chi connectivity index (χ0n) is 29.1. The molecule has 11 rings (SSSR count). The van der Waals surface area contributed by atoms with E-state index in [1.165, 1.54) is 64.7 Å². The molecule has 0 saturated heterocycles. The number of nitrogens with one attached hydrogen (secondary N) is 1. The Morgan fingerprint density at radius 2 is 1.30 bits per heavy atom. The first-order chi connectivity index (χ1) is 26.3. The number of benzene rings is 6. The van der Waals surface area contributed by atoms with Gasteiger partial charge in [0.2, 0.25) is 0 Å². The van der Waals surface area contributed by atoms with Gasteiger partial charge in [-0.3, -0.25) is 0 Å². The molecule has 0 aliphatic heterocycles. The Hall–Kier alpha value is -6.16. The largest absolute Gasteiger partial charge is 0.456 e. The topological polar surface area (TPSA) is 25.2 Å². The molecule has 6 aromatic carbocycles. The van der Waals surface area contributed by atoms with Crippen LogP contribution in [0.5, 0.6) is 0 Å². The Balaban J connectivity index is 0.943. The van der Waals surface area contributed by atoms with Crippen molar-refractivity contribution in [3.63, 3.8) is 0 Å². The molecule has 0 radical (unpaired) electrons. The zero-order chi connectivity index (χ0) is 34.9. The zero-order valence-corrected chi connectivity index (χ0v) is 29.9. The Morgan fingerprint density at radius 3 is 2.19 bits per heavy atom. The summed E-state index contributed by atoms with van der Waals surface area (Å²) in [7, 11) is 0. The van der Waals surface area contributed by atoms with E-state index in [9.17, 15) is 0 Å². The van der Waals surface area contributed by atoms with Crippen LogP contribution in [0, 0.1) is 11.8 Å². The molecular weight excluding hydrogens is 663 g/mol. The van der Waals surface area contributed by atoms with Gasteiger partial charge in [-0.2, -0.15) is 0 Å². The van der Waals surface area contributed by atoms with E-state index in [4.69, 9.17) is 4.42 Å². The van der Waals surface area contributed by atoms with Gasteiger partial charge in [-0.25, -0.2) is 0 Å². The average molecular weight is 698 g/mol. The second-order valence-corrected chi connectivity index (χ2v) is 15.4.